The van der Waals surface area contributed by atoms with Crippen molar-refractivity contribution in [2.24, 2.45) is 0 Å². The van der Waals surface area contributed by atoms with Crippen molar-refractivity contribution in [1.82, 2.24) is 0 Å². The van der Waals surface area contributed by atoms with Crippen LogP contribution in [0.15, 0.2) is 224 Å². The molecule has 0 saturated carbocycles. The van der Waals surface area contributed by atoms with Gasteiger partial charge in [-0.1, -0.05) is 176 Å². The van der Waals surface area contributed by atoms with Gasteiger partial charge < -0.3 is 4.90 Å². The molecule has 0 N–H and O–H groups in total. The molecule has 0 aliphatic rings. The van der Waals surface area contributed by atoms with Crippen molar-refractivity contribution in [2.45, 2.75) is 0 Å². The summed E-state index contributed by atoms with van der Waals surface area (Å²) in [5, 5.41) is 2.46. The van der Waals surface area contributed by atoms with Gasteiger partial charge in [0.2, 0.25) is 0 Å². The van der Waals surface area contributed by atoms with Gasteiger partial charge in [0.05, 0.1) is 0 Å². The molecule has 0 radical (unpaired) electrons. The van der Waals surface area contributed by atoms with E-state index in [4.69, 9.17) is 0 Å². The minimum Gasteiger partial charge on any atom is -0.311 e. The van der Waals surface area contributed by atoms with Crippen LogP contribution in [0.4, 0.5) is 17.1 Å². The fourth-order valence-electron chi connectivity index (χ4n) is 7.39. The number of nitrogens with zero attached hydrogens (tertiary/aromatic N) is 1. The Morgan fingerprint density at radius 3 is 1.00 bits per heavy atom. The van der Waals surface area contributed by atoms with Crippen LogP contribution in [-0.2, 0) is 0 Å². The van der Waals surface area contributed by atoms with E-state index in [0.717, 1.165) is 17.1 Å². The monoisotopic (exact) mass is 675 g/mol. The minimum absolute atomic E-state index is 1.10. The van der Waals surface area contributed by atoms with Crippen LogP contribution in [0.1, 0.15) is 0 Å². The van der Waals surface area contributed by atoms with E-state index in [1.54, 1.807) is 0 Å². The molecule has 0 heterocycles. The summed E-state index contributed by atoms with van der Waals surface area (Å²) in [6, 6.07) is 80.8. The number of benzene rings is 9. The molecule has 0 bridgehead atoms. The summed E-state index contributed by atoms with van der Waals surface area (Å²) in [5.41, 5.74) is 15.4. The molecule has 1 nitrogen and oxygen atoms in total. The molecule has 250 valence electrons. The summed E-state index contributed by atoms with van der Waals surface area (Å²) >= 11 is 0. The van der Waals surface area contributed by atoms with Gasteiger partial charge in [-0.2, -0.15) is 0 Å². The van der Waals surface area contributed by atoms with Gasteiger partial charge in [-0.05, 0) is 115 Å². The first-order chi connectivity index (χ1) is 26.3. The van der Waals surface area contributed by atoms with E-state index in [2.05, 4.69) is 229 Å². The van der Waals surface area contributed by atoms with Crippen molar-refractivity contribution in [3.05, 3.63) is 224 Å². The van der Waals surface area contributed by atoms with E-state index in [1.807, 2.05) is 0 Å². The first kappa shape index (κ1) is 32.0. The van der Waals surface area contributed by atoms with Crippen LogP contribution in [0.25, 0.3) is 66.4 Å². The van der Waals surface area contributed by atoms with Crippen LogP contribution in [0.3, 0.4) is 0 Å². The van der Waals surface area contributed by atoms with Crippen molar-refractivity contribution >= 4 is 27.8 Å². The maximum atomic E-state index is 2.36. The largest absolute Gasteiger partial charge is 0.311 e. The lowest BCUT2D eigenvalue weighted by molar-refractivity contribution is 1.28. The van der Waals surface area contributed by atoms with Crippen molar-refractivity contribution in [1.29, 1.82) is 0 Å². The van der Waals surface area contributed by atoms with Gasteiger partial charge >= 0.3 is 0 Å². The van der Waals surface area contributed by atoms with Crippen LogP contribution in [0.2, 0.25) is 0 Å². The molecular weight excluding hydrogens is 639 g/mol. The fourth-order valence-corrected chi connectivity index (χ4v) is 7.39. The first-order valence-corrected chi connectivity index (χ1v) is 18.2. The van der Waals surface area contributed by atoms with Crippen LogP contribution in [0, 0.1) is 0 Å². The quantitative estimate of drug-likeness (QED) is 0.155. The highest BCUT2D eigenvalue weighted by atomic mass is 15.1. The summed E-state index contributed by atoms with van der Waals surface area (Å²) < 4.78 is 0. The SMILES string of the molecule is c1ccc(-c2ccc(N(c3ccc(-c4ccccc4)cc3)c3ccc(-c4cc5ccccc5cc4-c4ccccc4-c4ccccc4)cc3)cc2)cc1. The third kappa shape index (κ3) is 6.53. The zero-order valence-corrected chi connectivity index (χ0v) is 29.3. The van der Waals surface area contributed by atoms with E-state index >= 15 is 0 Å². The highest BCUT2D eigenvalue weighted by Gasteiger charge is 2.17. The highest BCUT2D eigenvalue weighted by molar-refractivity contribution is 6.00. The smallest absolute Gasteiger partial charge is 0.0462 e. The topological polar surface area (TPSA) is 3.24 Å². The number of anilines is 3. The summed E-state index contributed by atoms with van der Waals surface area (Å²) in [7, 11) is 0. The van der Waals surface area contributed by atoms with Gasteiger partial charge in [-0.25, -0.2) is 0 Å². The standard InChI is InChI=1S/C52H37N/c1-4-14-38(15-5-1)40-24-30-46(31-25-40)53(47-32-26-41(27-33-47)39-16-6-2-7-17-39)48-34-28-43(29-35-48)51-36-44-20-10-11-21-45(44)37-52(51)50-23-13-12-22-49(50)42-18-8-3-9-19-42/h1-37H. The molecule has 53 heavy (non-hydrogen) atoms. The number of rotatable bonds is 8. The minimum atomic E-state index is 1.10. The van der Waals surface area contributed by atoms with Crippen LogP contribution >= 0.6 is 0 Å². The average molecular weight is 676 g/mol. The molecule has 0 spiro atoms. The molecule has 0 aliphatic heterocycles. The molecule has 0 saturated heterocycles. The summed E-state index contributed by atoms with van der Waals surface area (Å²) in [6.45, 7) is 0. The lowest BCUT2D eigenvalue weighted by Gasteiger charge is -2.26. The predicted octanol–water partition coefficient (Wildman–Crippen LogP) is 14.6. The molecule has 0 aliphatic carbocycles. The lowest BCUT2D eigenvalue weighted by atomic mass is 9.87. The second-order valence-electron chi connectivity index (χ2n) is 13.4. The summed E-state index contributed by atoms with van der Waals surface area (Å²) in [6.07, 6.45) is 0. The van der Waals surface area contributed by atoms with Crippen molar-refractivity contribution in [2.75, 3.05) is 4.90 Å². The number of hydrogen-bond donors (Lipinski definition) is 0. The van der Waals surface area contributed by atoms with E-state index in [1.165, 1.54) is 66.4 Å². The van der Waals surface area contributed by atoms with Crippen LogP contribution in [0.5, 0.6) is 0 Å². The average Bonchev–Trinajstić information content (AvgIpc) is 3.25. The maximum absolute atomic E-state index is 2.36. The summed E-state index contributed by atoms with van der Waals surface area (Å²) in [5.74, 6) is 0. The predicted molar refractivity (Wildman–Crippen MR) is 226 cm³/mol. The molecule has 9 aromatic rings. The molecule has 9 rings (SSSR count). The Balaban J connectivity index is 1.15. The number of fused-ring (bicyclic) bond motifs is 1. The molecule has 0 atom stereocenters. The van der Waals surface area contributed by atoms with E-state index < -0.39 is 0 Å². The van der Waals surface area contributed by atoms with Crippen LogP contribution in [-0.4, -0.2) is 0 Å². The Labute approximate surface area is 311 Å². The molecular formula is C52H37N. The Morgan fingerprint density at radius 1 is 0.208 bits per heavy atom. The van der Waals surface area contributed by atoms with Gasteiger partial charge in [0.15, 0.2) is 0 Å². The van der Waals surface area contributed by atoms with Gasteiger partial charge in [0, 0.05) is 17.1 Å². The Kier molecular flexibility index (Phi) is 8.66. The molecule has 0 amide bonds. The van der Waals surface area contributed by atoms with E-state index in [9.17, 15) is 0 Å². The third-order valence-corrected chi connectivity index (χ3v) is 10.1. The Hall–Kier alpha value is -6.96. The van der Waals surface area contributed by atoms with Crippen LogP contribution < -0.4 is 4.90 Å². The Morgan fingerprint density at radius 2 is 0.528 bits per heavy atom. The third-order valence-electron chi connectivity index (χ3n) is 10.1. The summed E-state index contributed by atoms with van der Waals surface area (Å²) in [4.78, 5) is 2.35. The van der Waals surface area contributed by atoms with Crippen molar-refractivity contribution < 1.29 is 0 Å². The van der Waals surface area contributed by atoms with Gasteiger partial charge in [-0.3, -0.25) is 0 Å². The zero-order chi connectivity index (χ0) is 35.4. The molecule has 9 aromatic carbocycles. The Bertz CT molecular complexity index is 2530. The van der Waals surface area contributed by atoms with E-state index in [-0.39, 0.29) is 0 Å². The van der Waals surface area contributed by atoms with Crippen molar-refractivity contribution in [3.8, 4) is 55.6 Å². The highest BCUT2D eigenvalue weighted by Crippen LogP contribution is 2.42. The van der Waals surface area contributed by atoms with E-state index in [0.29, 0.717) is 0 Å². The zero-order valence-electron chi connectivity index (χ0n) is 29.3. The maximum Gasteiger partial charge on any atom is 0.0462 e. The molecule has 0 fully saturated rings. The normalized spacial score (nSPS) is 11.0. The fraction of sp³-hybridized carbons (Fsp3) is 0. The lowest BCUT2D eigenvalue weighted by Crippen LogP contribution is -2.09. The number of hydrogen-bond acceptors (Lipinski definition) is 1. The second-order valence-corrected chi connectivity index (χ2v) is 13.4. The van der Waals surface area contributed by atoms with Gasteiger partial charge in [-0.15, -0.1) is 0 Å². The molecule has 0 aromatic heterocycles. The molecule has 1 heteroatoms. The first-order valence-electron chi connectivity index (χ1n) is 18.2. The second kappa shape index (κ2) is 14.3. The van der Waals surface area contributed by atoms with Gasteiger partial charge in [0.25, 0.3) is 0 Å². The van der Waals surface area contributed by atoms with Gasteiger partial charge in [0.1, 0.15) is 0 Å². The van der Waals surface area contributed by atoms with Crippen molar-refractivity contribution in [3.63, 3.8) is 0 Å². The molecule has 0 unspecified atom stereocenters.